The minimum absolute atomic E-state index is 0. The number of nitro groups is 1. The Balaban J connectivity index is 0. The second-order valence-electron chi connectivity index (χ2n) is 1.13. The monoisotopic (exact) mass is 127 g/mol. The first kappa shape index (κ1) is 10.9. The summed E-state index contributed by atoms with van der Waals surface area (Å²) in [5.41, 5.74) is 0. The average Bonchev–Trinajstić information content (AvgIpc) is 1.36. The van der Waals surface area contributed by atoms with Gasteiger partial charge in [0, 0.05) is 0 Å². The normalized spacial score (nSPS) is 11.7. The van der Waals surface area contributed by atoms with Gasteiger partial charge in [-0.3, -0.25) is 17.0 Å². The van der Waals surface area contributed by atoms with Gasteiger partial charge in [0.2, 0.25) is 0 Å². The van der Waals surface area contributed by atoms with Crippen molar-refractivity contribution in [1.82, 2.24) is 0 Å². The van der Waals surface area contributed by atoms with Crippen LogP contribution in [0.3, 0.4) is 0 Å². The van der Waals surface area contributed by atoms with Gasteiger partial charge in [-0.25, -0.2) is 0 Å². The van der Waals surface area contributed by atoms with E-state index >= 15 is 0 Å². The third-order valence-corrected chi connectivity index (χ3v) is 0.360. The van der Waals surface area contributed by atoms with Crippen molar-refractivity contribution in [3.63, 3.8) is 0 Å². The molecule has 0 aliphatic rings. The molecular weight excluding hydrogens is 121 g/mol. The van der Waals surface area contributed by atoms with E-state index in [1.54, 1.807) is 0 Å². The van der Waals surface area contributed by atoms with Crippen molar-refractivity contribution in [2.24, 2.45) is 0 Å². The van der Waals surface area contributed by atoms with Crippen molar-refractivity contribution in [2.75, 3.05) is 0 Å². The fraction of sp³-hybridized carbons (Fsp3) is 0.667. The Kier molecular flexibility index (Phi) is 8.08. The number of rotatable bonds is 1. The summed E-state index contributed by atoms with van der Waals surface area (Å²) >= 11 is 0. The fourth-order valence-corrected chi connectivity index (χ4v) is 0. The maximum atomic E-state index is 9.44. The molecular formula is C3H6KNO2. The number of hydrogen-bond acceptors (Lipinski definition) is 2. The Labute approximate surface area is 85.0 Å². The SMILES string of the molecule is [CH2-]C(C)[N+](=O)[O-].[K+]. The van der Waals surface area contributed by atoms with Crippen molar-refractivity contribution in [3.05, 3.63) is 17.0 Å². The fourth-order valence-electron chi connectivity index (χ4n) is 0. The van der Waals surface area contributed by atoms with E-state index in [1.165, 1.54) is 6.92 Å². The van der Waals surface area contributed by atoms with Crippen LogP contribution in [0.15, 0.2) is 0 Å². The summed E-state index contributed by atoms with van der Waals surface area (Å²) in [5, 5.41) is 9.44. The van der Waals surface area contributed by atoms with Crippen LogP contribution in [0.2, 0.25) is 0 Å². The molecule has 0 fully saturated rings. The maximum absolute atomic E-state index is 9.44. The van der Waals surface area contributed by atoms with Crippen LogP contribution in [0.1, 0.15) is 6.92 Å². The van der Waals surface area contributed by atoms with Crippen molar-refractivity contribution in [3.8, 4) is 0 Å². The number of hydrogen-bond donors (Lipinski definition) is 0. The van der Waals surface area contributed by atoms with Gasteiger partial charge in [-0.15, -0.1) is 0 Å². The molecule has 0 spiro atoms. The average molecular weight is 127 g/mol. The van der Waals surface area contributed by atoms with Gasteiger partial charge in [-0.2, -0.15) is 0 Å². The van der Waals surface area contributed by atoms with E-state index in [2.05, 4.69) is 6.92 Å². The largest absolute Gasteiger partial charge is 1.00 e. The zero-order valence-corrected chi connectivity index (χ0v) is 7.67. The van der Waals surface area contributed by atoms with E-state index in [-0.39, 0.29) is 51.4 Å². The Morgan fingerprint density at radius 1 is 1.86 bits per heavy atom. The summed E-state index contributed by atoms with van der Waals surface area (Å²) in [4.78, 5) is 9.00. The molecule has 0 rings (SSSR count). The maximum Gasteiger partial charge on any atom is 1.00 e. The summed E-state index contributed by atoms with van der Waals surface area (Å²) in [5.74, 6) is 0. The third-order valence-electron chi connectivity index (χ3n) is 0.360. The molecule has 36 valence electrons. The standard InChI is InChI=1S/C3H6NO2.K/c1-3(2)4(5)6;/h3H,1H2,2H3;/q-1;+1. The molecule has 0 aromatic rings. The van der Waals surface area contributed by atoms with Crippen molar-refractivity contribution >= 4 is 0 Å². The van der Waals surface area contributed by atoms with Crippen molar-refractivity contribution in [2.45, 2.75) is 13.0 Å². The molecule has 0 bridgehead atoms. The second-order valence-corrected chi connectivity index (χ2v) is 1.13. The van der Waals surface area contributed by atoms with E-state index in [9.17, 15) is 10.1 Å². The molecule has 0 radical (unpaired) electrons. The first-order valence-electron chi connectivity index (χ1n) is 1.61. The van der Waals surface area contributed by atoms with Gasteiger partial charge >= 0.3 is 51.4 Å². The molecule has 3 nitrogen and oxygen atoms in total. The molecule has 7 heavy (non-hydrogen) atoms. The van der Waals surface area contributed by atoms with Gasteiger partial charge in [-0.1, -0.05) is 0 Å². The minimum Gasteiger partial charge on any atom is -0.270 e. The van der Waals surface area contributed by atoms with Gasteiger partial charge in [0.15, 0.2) is 0 Å². The molecule has 0 aromatic carbocycles. The van der Waals surface area contributed by atoms with Gasteiger partial charge in [-0.05, 0) is 11.8 Å². The van der Waals surface area contributed by atoms with E-state index in [1.807, 2.05) is 0 Å². The molecule has 0 N–H and O–H groups in total. The predicted molar refractivity (Wildman–Crippen MR) is 21.8 cm³/mol. The van der Waals surface area contributed by atoms with Gasteiger partial charge in [0.05, 0.1) is 6.04 Å². The van der Waals surface area contributed by atoms with Crippen LogP contribution < -0.4 is 51.4 Å². The van der Waals surface area contributed by atoms with E-state index in [0.717, 1.165) is 0 Å². The Hall–Kier alpha value is 1.04. The van der Waals surface area contributed by atoms with Crippen LogP contribution in [0, 0.1) is 17.0 Å². The molecule has 1 atom stereocenters. The molecule has 0 aromatic heterocycles. The zero-order valence-electron chi connectivity index (χ0n) is 4.55. The summed E-state index contributed by atoms with van der Waals surface area (Å²) < 4.78 is 0. The van der Waals surface area contributed by atoms with Crippen LogP contribution in [-0.4, -0.2) is 11.0 Å². The molecule has 0 saturated carbocycles. The van der Waals surface area contributed by atoms with E-state index < -0.39 is 11.0 Å². The third kappa shape index (κ3) is 7.04. The zero-order chi connectivity index (χ0) is 5.15. The summed E-state index contributed by atoms with van der Waals surface area (Å²) in [6.45, 7) is 4.57. The summed E-state index contributed by atoms with van der Waals surface area (Å²) in [7, 11) is 0. The molecule has 4 heteroatoms. The molecule has 1 unspecified atom stereocenters. The second kappa shape index (κ2) is 5.18. The summed E-state index contributed by atoms with van der Waals surface area (Å²) in [6, 6.07) is -0.676. The minimum atomic E-state index is -0.676. The van der Waals surface area contributed by atoms with Gasteiger partial charge in [0.1, 0.15) is 0 Å². The quantitative estimate of drug-likeness (QED) is 0.169. The van der Waals surface area contributed by atoms with E-state index in [4.69, 9.17) is 0 Å². The summed E-state index contributed by atoms with van der Waals surface area (Å²) in [6.07, 6.45) is 0. The molecule has 0 aliphatic heterocycles. The molecule has 0 aliphatic carbocycles. The first-order chi connectivity index (χ1) is 2.64. The van der Waals surface area contributed by atoms with Crippen molar-refractivity contribution in [1.29, 1.82) is 0 Å². The molecule has 0 heterocycles. The first-order valence-corrected chi connectivity index (χ1v) is 1.61. The predicted octanol–water partition coefficient (Wildman–Crippen LogP) is -2.51. The van der Waals surface area contributed by atoms with Crippen molar-refractivity contribution < 1.29 is 56.3 Å². The topological polar surface area (TPSA) is 43.1 Å². The van der Waals surface area contributed by atoms with Gasteiger partial charge in [0.25, 0.3) is 0 Å². The van der Waals surface area contributed by atoms with E-state index in [0.29, 0.717) is 0 Å². The van der Waals surface area contributed by atoms with Crippen LogP contribution >= 0.6 is 0 Å². The Morgan fingerprint density at radius 3 is 2.00 bits per heavy atom. The molecule has 0 saturated heterocycles. The smallest absolute Gasteiger partial charge is 0.270 e. The van der Waals surface area contributed by atoms with Crippen LogP contribution in [-0.2, 0) is 0 Å². The Morgan fingerprint density at radius 2 is 2.00 bits per heavy atom. The molecule has 0 amide bonds. The van der Waals surface area contributed by atoms with Crippen LogP contribution in [0.25, 0.3) is 0 Å². The van der Waals surface area contributed by atoms with Crippen LogP contribution in [0.4, 0.5) is 0 Å². The van der Waals surface area contributed by atoms with Gasteiger partial charge < -0.3 is 0 Å². The number of nitrogens with zero attached hydrogens (tertiary/aromatic N) is 1. The van der Waals surface area contributed by atoms with Crippen LogP contribution in [0.5, 0.6) is 0 Å². The Bertz CT molecular complexity index is 64.0.